The standard InChI is InChI=1S/C29H31N3O4.ClH/c1-35-27(33)18-24-17-25(32(29(24)34)16-15-20-5-3-2-4-6-20)19-36-26-13-11-22(12-14-26)21-7-9-23(10-8-21)28(30)31;/h2-14,24-25H,15-19H2,1H3,(H3,30,31);1H/t24-,25-;/m0./s1. The summed E-state index contributed by atoms with van der Waals surface area (Å²) in [7, 11) is 1.34. The maximum absolute atomic E-state index is 13.1. The van der Waals surface area contributed by atoms with Crippen LogP contribution in [0.3, 0.4) is 0 Å². The molecule has 7 nitrogen and oxygen atoms in total. The van der Waals surface area contributed by atoms with Gasteiger partial charge in [-0.1, -0.05) is 66.7 Å². The van der Waals surface area contributed by atoms with Crippen molar-refractivity contribution in [1.29, 1.82) is 5.41 Å². The third kappa shape index (κ3) is 7.11. The van der Waals surface area contributed by atoms with E-state index in [9.17, 15) is 9.59 Å². The lowest BCUT2D eigenvalue weighted by Gasteiger charge is -2.25. The van der Waals surface area contributed by atoms with E-state index in [0.29, 0.717) is 30.9 Å². The minimum absolute atomic E-state index is 0. The number of nitrogens with one attached hydrogen (secondary N) is 1. The minimum atomic E-state index is -0.387. The molecule has 1 heterocycles. The van der Waals surface area contributed by atoms with Crippen molar-refractivity contribution in [2.24, 2.45) is 11.7 Å². The first-order valence-corrected chi connectivity index (χ1v) is 12.0. The molecule has 3 aromatic rings. The van der Waals surface area contributed by atoms with E-state index in [0.717, 1.165) is 23.1 Å². The van der Waals surface area contributed by atoms with Crippen molar-refractivity contribution in [3.05, 3.63) is 90.0 Å². The summed E-state index contributed by atoms with van der Waals surface area (Å²) in [4.78, 5) is 26.8. The Labute approximate surface area is 223 Å². The second-order valence-electron chi connectivity index (χ2n) is 8.96. The van der Waals surface area contributed by atoms with Crippen LogP contribution in [0.2, 0.25) is 0 Å². The zero-order chi connectivity index (χ0) is 25.5. The Bertz CT molecular complexity index is 1200. The largest absolute Gasteiger partial charge is 0.491 e. The highest BCUT2D eigenvalue weighted by Crippen LogP contribution is 2.29. The number of benzene rings is 3. The second-order valence-corrected chi connectivity index (χ2v) is 8.96. The number of nitrogen functional groups attached to an aromatic ring is 1. The molecule has 1 amide bonds. The summed E-state index contributed by atoms with van der Waals surface area (Å²) in [5.41, 5.74) is 9.42. The molecule has 37 heavy (non-hydrogen) atoms. The molecule has 0 aromatic heterocycles. The van der Waals surface area contributed by atoms with Crippen molar-refractivity contribution >= 4 is 30.1 Å². The molecule has 2 atom stereocenters. The van der Waals surface area contributed by atoms with Gasteiger partial charge >= 0.3 is 5.97 Å². The quantitative estimate of drug-likeness (QED) is 0.233. The Morgan fingerprint density at radius 3 is 2.22 bits per heavy atom. The molecular weight excluding hydrogens is 490 g/mol. The Morgan fingerprint density at radius 2 is 1.62 bits per heavy atom. The van der Waals surface area contributed by atoms with Gasteiger partial charge in [0, 0.05) is 12.1 Å². The number of nitrogens with zero attached hydrogens (tertiary/aromatic N) is 1. The summed E-state index contributed by atoms with van der Waals surface area (Å²) in [6.07, 6.45) is 1.39. The second kappa shape index (κ2) is 12.9. The summed E-state index contributed by atoms with van der Waals surface area (Å²) in [6.45, 7) is 0.925. The number of amidine groups is 1. The van der Waals surface area contributed by atoms with Crippen molar-refractivity contribution in [3.8, 4) is 16.9 Å². The van der Waals surface area contributed by atoms with Crippen LogP contribution < -0.4 is 10.5 Å². The van der Waals surface area contributed by atoms with E-state index in [4.69, 9.17) is 20.6 Å². The maximum Gasteiger partial charge on any atom is 0.306 e. The fourth-order valence-electron chi connectivity index (χ4n) is 4.55. The van der Waals surface area contributed by atoms with Crippen LogP contribution in [0.1, 0.15) is 24.0 Å². The Balaban J connectivity index is 0.00000380. The predicted octanol–water partition coefficient (Wildman–Crippen LogP) is 4.46. The molecule has 8 heteroatoms. The number of rotatable bonds is 10. The average Bonchev–Trinajstić information content (AvgIpc) is 3.20. The summed E-state index contributed by atoms with van der Waals surface area (Å²) < 4.78 is 10.9. The van der Waals surface area contributed by atoms with E-state index in [1.807, 2.05) is 83.8 Å². The van der Waals surface area contributed by atoms with Crippen LogP contribution in [0, 0.1) is 11.3 Å². The van der Waals surface area contributed by atoms with Gasteiger partial charge in [-0.2, -0.15) is 0 Å². The van der Waals surface area contributed by atoms with Gasteiger partial charge in [-0.3, -0.25) is 15.0 Å². The highest BCUT2D eigenvalue weighted by atomic mass is 35.5. The maximum atomic E-state index is 13.1. The van der Waals surface area contributed by atoms with Gasteiger partial charge in [-0.05, 0) is 41.7 Å². The van der Waals surface area contributed by atoms with Crippen LogP contribution in [-0.4, -0.2) is 48.9 Å². The van der Waals surface area contributed by atoms with Crippen molar-refractivity contribution in [2.75, 3.05) is 20.3 Å². The third-order valence-electron chi connectivity index (χ3n) is 6.58. The molecule has 0 spiro atoms. The first-order chi connectivity index (χ1) is 17.4. The van der Waals surface area contributed by atoms with Crippen LogP contribution in [0.4, 0.5) is 0 Å². The van der Waals surface area contributed by atoms with E-state index < -0.39 is 0 Å². The van der Waals surface area contributed by atoms with Crippen LogP contribution in [-0.2, 0) is 20.7 Å². The highest BCUT2D eigenvalue weighted by Gasteiger charge is 2.40. The molecule has 0 unspecified atom stereocenters. The number of hydrogen-bond donors (Lipinski definition) is 2. The van der Waals surface area contributed by atoms with Crippen LogP contribution in [0.15, 0.2) is 78.9 Å². The van der Waals surface area contributed by atoms with Crippen molar-refractivity contribution in [1.82, 2.24) is 4.90 Å². The van der Waals surface area contributed by atoms with Crippen molar-refractivity contribution in [3.63, 3.8) is 0 Å². The van der Waals surface area contributed by atoms with E-state index >= 15 is 0 Å². The van der Waals surface area contributed by atoms with E-state index in [1.54, 1.807) is 0 Å². The number of halogens is 1. The average molecular weight is 522 g/mol. The lowest BCUT2D eigenvalue weighted by Crippen LogP contribution is -2.39. The van der Waals surface area contributed by atoms with E-state index in [2.05, 4.69) is 0 Å². The number of ether oxygens (including phenoxy) is 2. The number of hydrogen-bond acceptors (Lipinski definition) is 5. The fraction of sp³-hybridized carbons (Fsp3) is 0.276. The molecule has 1 saturated heterocycles. The minimum Gasteiger partial charge on any atom is -0.491 e. The zero-order valence-electron chi connectivity index (χ0n) is 20.8. The molecule has 1 fully saturated rings. The zero-order valence-corrected chi connectivity index (χ0v) is 21.6. The van der Waals surface area contributed by atoms with Gasteiger partial charge in [-0.15, -0.1) is 12.4 Å². The van der Waals surface area contributed by atoms with Gasteiger partial charge in [0.15, 0.2) is 0 Å². The molecule has 0 radical (unpaired) electrons. The Morgan fingerprint density at radius 1 is 1.00 bits per heavy atom. The number of carbonyl (C=O) groups excluding carboxylic acids is 2. The van der Waals surface area contributed by atoms with Crippen LogP contribution in [0.25, 0.3) is 11.1 Å². The first-order valence-electron chi connectivity index (χ1n) is 12.0. The van der Waals surface area contributed by atoms with Crippen LogP contribution in [0.5, 0.6) is 5.75 Å². The monoisotopic (exact) mass is 521 g/mol. The third-order valence-corrected chi connectivity index (χ3v) is 6.58. The topological polar surface area (TPSA) is 106 Å². The molecular formula is C29H32ClN3O4. The van der Waals surface area contributed by atoms with E-state index in [-0.39, 0.29) is 48.5 Å². The smallest absolute Gasteiger partial charge is 0.306 e. The molecule has 3 aromatic carbocycles. The Hall–Kier alpha value is -3.84. The normalized spacial score (nSPS) is 16.7. The molecule has 4 rings (SSSR count). The lowest BCUT2D eigenvalue weighted by atomic mass is 10.0. The lowest BCUT2D eigenvalue weighted by molar-refractivity contribution is -0.144. The molecule has 0 aliphatic carbocycles. The molecule has 1 aliphatic rings. The number of nitrogens with two attached hydrogens (primary N) is 1. The van der Waals surface area contributed by atoms with Gasteiger partial charge in [0.2, 0.25) is 5.91 Å². The summed E-state index contributed by atoms with van der Waals surface area (Å²) in [5, 5.41) is 7.52. The number of carbonyl (C=O) groups is 2. The van der Waals surface area contributed by atoms with Crippen molar-refractivity contribution in [2.45, 2.75) is 25.3 Å². The summed E-state index contributed by atoms with van der Waals surface area (Å²) in [6, 6.07) is 25.2. The van der Waals surface area contributed by atoms with E-state index in [1.165, 1.54) is 7.11 Å². The first kappa shape index (κ1) is 27.7. The molecule has 194 valence electrons. The predicted molar refractivity (Wildman–Crippen MR) is 146 cm³/mol. The molecule has 1 aliphatic heterocycles. The van der Waals surface area contributed by atoms with Crippen LogP contribution >= 0.6 is 12.4 Å². The Kier molecular flexibility index (Phi) is 9.69. The van der Waals surface area contributed by atoms with Gasteiger partial charge in [0.1, 0.15) is 18.2 Å². The number of methoxy groups -OCH3 is 1. The fourth-order valence-corrected chi connectivity index (χ4v) is 4.55. The van der Waals surface area contributed by atoms with Crippen molar-refractivity contribution < 1.29 is 19.1 Å². The molecule has 3 N–H and O–H groups in total. The molecule has 0 bridgehead atoms. The summed E-state index contributed by atoms with van der Waals surface area (Å²) in [5.74, 6) is -0.0189. The summed E-state index contributed by atoms with van der Waals surface area (Å²) >= 11 is 0. The van der Waals surface area contributed by atoms with Gasteiger partial charge in [0.25, 0.3) is 0 Å². The number of esters is 1. The van der Waals surface area contributed by atoms with Gasteiger partial charge in [-0.25, -0.2) is 0 Å². The highest BCUT2D eigenvalue weighted by molar-refractivity contribution is 5.95. The molecule has 0 saturated carbocycles. The number of amides is 1. The van der Waals surface area contributed by atoms with Gasteiger partial charge < -0.3 is 20.1 Å². The van der Waals surface area contributed by atoms with Gasteiger partial charge in [0.05, 0.1) is 25.5 Å². The SMILES string of the molecule is COC(=O)C[C@@H]1C[C@@H](COc2ccc(-c3ccc(C(=N)N)cc3)cc2)N(CCc2ccccc2)C1=O.Cl. The number of likely N-dealkylation sites (tertiary alicyclic amines) is 1.